The molecule has 0 saturated carbocycles. The average molecular weight is 365 g/mol. The van der Waals surface area contributed by atoms with Crippen molar-refractivity contribution in [1.82, 2.24) is 0 Å². The smallest absolute Gasteiger partial charge is 0.270 e. The van der Waals surface area contributed by atoms with Gasteiger partial charge in [0.2, 0.25) is 11.8 Å². The summed E-state index contributed by atoms with van der Waals surface area (Å²) in [6.45, 7) is 0. The molecule has 2 fully saturated rings. The number of carbonyl (C=O) groups is 2. The van der Waals surface area contributed by atoms with Gasteiger partial charge in [-0.05, 0) is 22.0 Å². The number of amides is 2. The van der Waals surface area contributed by atoms with Crippen LogP contribution in [0.25, 0.3) is 0 Å². The Hall–Kier alpha value is -2.06. The second kappa shape index (κ2) is 4.47. The van der Waals surface area contributed by atoms with Crippen LogP contribution < -0.4 is 4.90 Å². The van der Waals surface area contributed by atoms with Crippen molar-refractivity contribution >= 4 is 39.1 Å². The Morgan fingerprint density at radius 2 is 1.73 bits per heavy atom. The van der Waals surface area contributed by atoms with Crippen LogP contribution in [-0.2, 0) is 14.3 Å². The van der Waals surface area contributed by atoms with Crippen molar-refractivity contribution in [2.45, 2.75) is 12.2 Å². The molecular weight excluding hydrogens is 356 g/mol. The van der Waals surface area contributed by atoms with Gasteiger partial charge in [-0.15, -0.1) is 0 Å². The van der Waals surface area contributed by atoms with Gasteiger partial charge in [0.1, 0.15) is 0 Å². The highest BCUT2D eigenvalue weighted by molar-refractivity contribution is 9.10. The summed E-state index contributed by atoms with van der Waals surface area (Å²) in [7, 11) is 0. The maximum absolute atomic E-state index is 12.6. The summed E-state index contributed by atoms with van der Waals surface area (Å²) in [4.78, 5) is 36.5. The molecule has 1 aromatic carbocycles. The van der Waals surface area contributed by atoms with Crippen molar-refractivity contribution in [3.8, 4) is 0 Å². The summed E-state index contributed by atoms with van der Waals surface area (Å²) in [6.07, 6.45) is 2.91. The van der Waals surface area contributed by atoms with Crippen LogP contribution in [0.1, 0.15) is 0 Å². The standard InChI is InChI=1S/C14H9BrN2O5/c15-7-5-6(17(20)21)1-2-8(7)16-13(18)11-9-3-4-10(22-9)12(11)14(16)19/h1-5,9-12H/t9-,10-,11-,12+/m0/s1. The van der Waals surface area contributed by atoms with Gasteiger partial charge < -0.3 is 4.74 Å². The van der Waals surface area contributed by atoms with Gasteiger partial charge in [-0.2, -0.15) is 0 Å². The summed E-state index contributed by atoms with van der Waals surface area (Å²) >= 11 is 3.21. The number of fused-ring (bicyclic) bond motifs is 5. The lowest BCUT2D eigenvalue weighted by atomic mass is 9.85. The molecule has 0 aromatic heterocycles. The fourth-order valence-electron chi connectivity index (χ4n) is 3.33. The van der Waals surface area contributed by atoms with E-state index in [0.717, 1.165) is 4.90 Å². The first-order valence-corrected chi connectivity index (χ1v) is 7.44. The number of imide groups is 1. The van der Waals surface area contributed by atoms with Gasteiger partial charge in [0.25, 0.3) is 5.69 Å². The minimum atomic E-state index is -0.533. The van der Waals surface area contributed by atoms with Crippen LogP contribution in [0.15, 0.2) is 34.8 Å². The second-order valence-corrected chi connectivity index (χ2v) is 6.26. The van der Waals surface area contributed by atoms with Crippen molar-refractivity contribution in [3.63, 3.8) is 0 Å². The van der Waals surface area contributed by atoms with Crippen LogP contribution >= 0.6 is 15.9 Å². The first-order valence-electron chi connectivity index (χ1n) is 6.64. The van der Waals surface area contributed by atoms with E-state index in [0.29, 0.717) is 10.2 Å². The number of benzene rings is 1. The molecule has 0 radical (unpaired) electrons. The summed E-state index contributed by atoms with van der Waals surface area (Å²) in [5, 5.41) is 10.8. The van der Waals surface area contributed by atoms with Gasteiger partial charge in [0.15, 0.2) is 0 Å². The third-order valence-corrected chi connectivity index (χ3v) is 4.93. The molecule has 2 saturated heterocycles. The Labute approximate surface area is 132 Å². The van der Waals surface area contributed by atoms with Crippen LogP contribution in [0.5, 0.6) is 0 Å². The first-order chi connectivity index (χ1) is 10.5. The molecule has 0 spiro atoms. The maximum Gasteiger partial charge on any atom is 0.270 e. The van der Waals surface area contributed by atoms with Crippen LogP contribution in [0.2, 0.25) is 0 Å². The number of hydrogen-bond donors (Lipinski definition) is 0. The van der Waals surface area contributed by atoms with Gasteiger partial charge in [0, 0.05) is 16.6 Å². The summed E-state index contributed by atoms with van der Waals surface area (Å²) < 4.78 is 5.90. The van der Waals surface area contributed by atoms with E-state index in [2.05, 4.69) is 15.9 Å². The van der Waals surface area contributed by atoms with Crippen molar-refractivity contribution < 1.29 is 19.2 Å². The van der Waals surface area contributed by atoms with Gasteiger partial charge in [-0.25, -0.2) is 4.90 Å². The predicted molar refractivity (Wildman–Crippen MR) is 78.1 cm³/mol. The fraction of sp³-hybridized carbons (Fsp3) is 0.286. The Morgan fingerprint density at radius 3 is 2.23 bits per heavy atom. The van der Waals surface area contributed by atoms with E-state index in [1.807, 2.05) is 12.2 Å². The molecule has 4 atom stereocenters. The lowest BCUT2D eigenvalue weighted by Gasteiger charge is -2.18. The predicted octanol–water partition coefficient (Wildman–Crippen LogP) is 1.80. The molecule has 0 unspecified atom stereocenters. The highest BCUT2D eigenvalue weighted by Crippen LogP contribution is 2.47. The number of ether oxygens (including phenoxy) is 1. The molecule has 4 rings (SSSR count). The zero-order valence-corrected chi connectivity index (χ0v) is 12.6. The minimum absolute atomic E-state index is 0.111. The number of anilines is 1. The quantitative estimate of drug-likeness (QED) is 0.345. The lowest BCUT2D eigenvalue weighted by molar-refractivity contribution is -0.384. The molecule has 3 aliphatic heterocycles. The SMILES string of the molecule is O=C1[C@@H]2[C@H](C(=O)N1c1ccc([N+](=O)[O-])cc1Br)[C@@H]1C=C[C@@H]2O1. The van der Waals surface area contributed by atoms with E-state index >= 15 is 0 Å². The number of carbonyl (C=O) groups excluding carboxylic acids is 2. The monoisotopic (exact) mass is 364 g/mol. The van der Waals surface area contributed by atoms with E-state index in [4.69, 9.17) is 4.74 Å². The minimum Gasteiger partial charge on any atom is -0.365 e. The number of hydrogen-bond acceptors (Lipinski definition) is 5. The number of non-ortho nitro benzene ring substituents is 1. The molecule has 0 aliphatic carbocycles. The number of rotatable bonds is 2. The van der Waals surface area contributed by atoms with Crippen molar-refractivity contribution in [1.29, 1.82) is 0 Å². The Balaban J connectivity index is 1.74. The summed E-state index contributed by atoms with van der Waals surface area (Å²) in [5.41, 5.74) is 0.217. The molecule has 3 heterocycles. The second-order valence-electron chi connectivity index (χ2n) is 5.41. The molecule has 2 bridgehead atoms. The van der Waals surface area contributed by atoms with Crippen molar-refractivity contribution in [2.75, 3.05) is 4.90 Å². The molecule has 3 aliphatic rings. The zero-order chi connectivity index (χ0) is 15.6. The average Bonchev–Trinajstić information content (AvgIpc) is 3.14. The van der Waals surface area contributed by atoms with E-state index in [1.54, 1.807) is 0 Å². The van der Waals surface area contributed by atoms with Gasteiger partial charge in [-0.3, -0.25) is 19.7 Å². The highest BCUT2D eigenvalue weighted by atomic mass is 79.9. The van der Waals surface area contributed by atoms with Crippen LogP contribution in [-0.4, -0.2) is 28.9 Å². The summed E-state index contributed by atoms with van der Waals surface area (Å²) in [6, 6.07) is 3.97. The normalized spacial score (nSPS) is 32.0. The fourth-order valence-corrected chi connectivity index (χ4v) is 3.88. The van der Waals surface area contributed by atoms with Crippen LogP contribution in [0.3, 0.4) is 0 Å². The molecule has 0 N–H and O–H groups in total. The third kappa shape index (κ3) is 1.65. The molecule has 112 valence electrons. The topological polar surface area (TPSA) is 89.8 Å². The maximum atomic E-state index is 12.6. The molecular formula is C14H9BrN2O5. The van der Waals surface area contributed by atoms with E-state index in [1.165, 1.54) is 18.2 Å². The molecule has 2 amide bonds. The van der Waals surface area contributed by atoms with Crippen molar-refractivity contribution in [2.24, 2.45) is 11.8 Å². The zero-order valence-electron chi connectivity index (χ0n) is 11.0. The third-order valence-electron chi connectivity index (χ3n) is 4.29. The van der Waals surface area contributed by atoms with Gasteiger partial charge >= 0.3 is 0 Å². The number of nitro benzene ring substituents is 1. The Morgan fingerprint density at radius 1 is 1.14 bits per heavy atom. The summed E-state index contributed by atoms with van der Waals surface area (Å²) in [5.74, 6) is -1.63. The number of nitrogens with zero attached hydrogens (tertiary/aromatic N) is 2. The largest absolute Gasteiger partial charge is 0.365 e. The van der Waals surface area contributed by atoms with Crippen LogP contribution in [0.4, 0.5) is 11.4 Å². The van der Waals surface area contributed by atoms with Gasteiger partial charge in [-0.1, -0.05) is 12.2 Å². The Bertz CT molecular complexity index is 732. The number of halogens is 1. The Kier molecular flexibility index (Phi) is 2.76. The molecule has 8 heteroatoms. The highest BCUT2D eigenvalue weighted by Gasteiger charge is 2.61. The molecule has 22 heavy (non-hydrogen) atoms. The van der Waals surface area contributed by atoms with E-state index in [9.17, 15) is 19.7 Å². The molecule has 7 nitrogen and oxygen atoms in total. The van der Waals surface area contributed by atoms with Crippen molar-refractivity contribution in [3.05, 3.63) is 44.9 Å². The van der Waals surface area contributed by atoms with Gasteiger partial charge in [0.05, 0.1) is 34.7 Å². The van der Waals surface area contributed by atoms with E-state index in [-0.39, 0.29) is 29.7 Å². The van der Waals surface area contributed by atoms with E-state index < -0.39 is 16.8 Å². The lowest BCUT2D eigenvalue weighted by Crippen LogP contribution is -2.34. The first kappa shape index (κ1) is 13.6. The number of nitro groups is 1. The molecule has 1 aromatic rings. The van der Waals surface area contributed by atoms with Crippen LogP contribution in [0, 0.1) is 22.0 Å².